The van der Waals surface area contributed by atoms with Gasteiger partial charge in [-0.3, -0.25) is 4.79 Å². The van der Waals surface area contributed by atoms with Crippen molar-refractivity contribution in [3.05, 3.63) is 64.5 Å². The number of aryl methyl sites for hydroxylation is 2. The molecule has 0 saturated carbocycles. The zero-order valence-electron chi connectivity index (χ0n) is 12.8. The maximum Gasteiger partial charge on any atom is 0.349 e. The standard InChI is InChI=1S/C17H17N3O3/c1-12-18-8-10-20(12)9-4-7-19-16(21)14-11-13-5-2-3-6-15(13)23-17(14)22/h2-3,5-6,8,10-11H,4,7,9H2,1H3,(H,19,21). The molecular formula is C17H17N3O3. The van der Waals surface area contributed by atoms with Crippen LogP contribution in [0, 0.1) is 6.92 Å². The quantitative estimate of drug-likeness (QED) is 0.578. The summed E-state index contributed by atoms with van der Waals surface area (Å²) in [4.78, 5) is 28.2. The van der Waals surface area contributed by atoms with Gasteiger partial charge in [0.15, 0.2) is 0 Å². The highest BCUT2D eigenvalue weighted by Crippen LogP contribution is 2.12. The molecule has 118 valence electrons. The normalized spacial score (nSPS) is 10.8. The minimum atomic E-state index is -0.619. The fourth-order valence-corrected chi connectivity index (χ4v) is 2.41. The number of amides is 1. The molecule has 0 saturated heterocycles. The molecule has 0 spiro atoms. The van der Waals surface area contributed by atoms with Crippen LogP contribution in [0.4, 0.5) is 0 Å². The Hall–Kier alpha value is -2.89. The predicted octanol–water partition coefficient (Wildman–Crippen LogP) is 2.12. The summed E-state index contributed by atoms with van der Waals surface area (Å²) in [5.41, 5.74) is -0.112. The topological polar surface area (TPSA) is 77.1 Å². The van der Waals surface area contributed by atoms with Gasteiger partial charge in [-0.05, 0) is 25.5 Å². The Morgan fingerprint density at radius 2 is 2.17 bits per heavy atom. The number of rotatable bonds is 5. The first-order valence-corrected chi connectivity index (χ1v) is 7.44. The Bertz CT molecular complexity index is 895. The van der Waals surface area contributed by atoms with Crippen molar-refractivity contribution < 1.29 is 9.21 Å². The van der Waals surface area contributed by atoms with Crippen molar-refractivity contribution in [2.75, 3.05) is 6.54 Å². The van der Waals surface area contributed by atoms with Gasteiger partial charge >= 0.3 is 5.63 Å². The number of fused-ring (bicyclic) bond motifs is 1. The largest absolute Gasteiger partial charge is 0.422 e. The highest BCUT2D eigenvalue weighted by atomic mass is 16.4. The van der Waals surface area contributed by atoms with E-state index < -0.39 is 11.5 Å². The van der Waals surface area contributed by atoms with Crippen molar-refractivity contribution in [2.45, 2.75) is 19.9 Å². The summed E-state index contributed by atoms with van der Waals surface area (Å²) >= 11 is 0. The Morgan fingerprint density at radius 3 is 2.96 bits per heavy atom. The molecule has 2 heterocycles. The van der Waals surface area contributed by atoms with Crippen LogP contribution in [0.3, 0.4) is 0 Å². The first kappa shape index (κ1) is 15.0. The van der Waals surface area contributed by atoms with Crippen molar-refractivity contribution in [1.82, 2.24) is 14.9 Å². The number of carbonyl (C=O) groups is 1. The fraction of sp³-hybridized carbons (Fsp3) is 0.235. The number of nitrogens with one attached hydrogen (secondary N) is 1. The monoisotopic (exact) mass is 311 g/mol. The third-order valence-electron chi connectivity index (χ3n) is 3.67. The fourth-order valence-electron chi connectivity index (χ4n) is 2.41. The van der Waals surface area contributed by atoms with Gasteiger partial charge in [0.05, 0.1) is 0 Å². The molecule has 6 nitrogen and oxygen atoms in total. The average Bonchev–Trinajstić information content (AvgIpc) is 2.96. The summed E-state index contributed by atoms with van der Waals surface area (Å²) < 4.78 is 7.18. The van der Waals surface area contributed by atoms with Crippen molar-refractivity contribution in [3.63, 3.8) is 0 Å². The van der Waals surface area contributed by atoms with E-state index in [1.807, 2.05) is 23.8 Å². The summed E-state index contributed by atoms with van der Waals surface area (Å²) in [5.74, 6) is 0.526. The minimum Gasteiger partial charge on any atom is -0.422 e. The van der Waals surface area contributed by atoms with Crippen LogP contribution in [0.25, 0.3) is 11.0 Å². The second-order valence-electron chi connectivity index (χ2n) is 5.26. The molecule has 1 N–H and O–H groups in total. The molecule has 0 aliphatic heterocycles. The van der Waals surface area contributed by atoms with Crippen LogP contribution in [-0.2, 0) is 6.54 Å². The van der Waals surface area contributed by atoms with E-state index in [4.69, 9.17) is 4.42 Å². The predicted molar refractivity (Wildman–Crippen MR) is 86.4 cm³/mol. The van der Waals surface area contributed by atoms with Crippen LogP contribution in [0.2, 0.25) is 0 Å². The van der Waals surface area contributed by atoms with E-state index in [1.54, 1.807) is 30.5 Å². The van der Waals surface area contributed by atoms with Crippen molar-refractivity contribution in [1.29, 1.82) is 0 Å². The molecule has 23 heavy (non-hydrogen) atoms. The first-order valence-electron chi connectivity index (χ1n) is 7.44. The Balaban J connectivity index is 1.63. The van der Waals surface area contributed by atoms with Crippen LogP contribution in [0.15, 0.2) is 51.9 Å². The SMILES string of the molecule is Cc1nccn1CCCNC(=O)c1cc2ccccc2oc1=O. The lowest BCUT2D eigenvalue weighted by Gasteiger charge is -2.07. The molecule has 3 rings (SSSR count). The molecule has 0 fully saturated rings. The van der Waals surface area contributed by atoms with E-state index in [2.05, 4.69) is 10.3 Å². The van der Waals surface area contributed by atoms with Gasteiger partial charge in [0.25, 0.3) is 5.91 Å². The van der Waals surface area contributed by atoms with E-state index >= 15 is 0 Å². The molecule has 0 atom stereocenters. The Kier molecular flexibility index (Phi) is 4.23. The summed E-state index contributed by atoms with van der Waals surface area (Å²) in [7, 11) is 0. The number of hydrogen-bond donors (Lipinski definition) is 1. The van der Waals surface area contributed by atoms with Gasteiger partial charge in [-0.2, -0.15) is 0 Å². The summed E-state index contributed by atoms with van der Waals surface area (Å²) in [6.07, 6.45) is 4.39. The summed E-state index contributed by atoms with van der Waals surface area (Å²) in [5, 5.41) is 3.48. The van der Waals surface area contributed by atoms with E-state index in [-0.39, 0.29) is 5.56 Å². The number of imidazole rings is 1. The second-order valence-corrected chi connectivity index (χ2v) is 5.26. The lowest BCUT2D eigenvalue weighted by molar-refractivity contribution is 0.0949. The van der Waals surface area contributed by atoms with E-state index in [0.717, 1.165) is 24.2 Å². The first-order chi connectivity index (χ1) is 11.1. The average molecular weight is 311 g/mol. The number of hydrogen-bond acceptors (Lipinski definition) is 4. The van der Waals surface area contributed by atoms with Gasteiger partial charge in [-0.15, -0.1) is 0 Å². The number of benzene rings is 1. The molecule has 0 unspecified atom stereocenters. The molecule has 1 amide bonds. The van der Waals surface area contributed by atoms with Crippen LogP contribution in [0.5, 0.6) is 0 Å². The van der Waals surface area contributed by atoms with Gasteiger partial charge in [0.1, 0.15) is 17.0 Å². The van der Waals surface area contributed by atoms with Crippen LogP contribution in [0.1, 0.15) is 22.6 Å². The summed E-state index contributed by atoms with van der Waals surface area (Å²) in [6.45, 7) is 3.17. The smallest absolute Gasteiger partial charge is 0.349 e. The number of carbonyl (C=O) groups excluding carboxylic acids is 1. The van der Waals surface area contributed by atoms with Crippen molar-refractivity contribution in [2.24, 2.45) is 0 Å². The van der Waals surface area contributed by atoms with Crippen LogP contribution >= 0.6 is 0 Å². The molecule has 0 bridgehead atoms. The molecule has 1 aromatic carbocycles. The highest BCUT2D eigenvalue weighted by molar-refractivity contribution is 5.96. The van der Waals surface area contributed by atoms with Crippen LogP contribution < -0.4 is 10.9 Å². The third-order valence-corrected chi connectivity index (χ3v) is 3.67. The van der Waals surface area contributed by atoms with E-state index in [1.165, 1.54) is 0 Å². The number of para-hydroxylation sites is 1. The minimum absolute atomic E-state index is 0.0301. The number of aromatic nitrogens is 2. The maximum absolute atomic E-state index is 12.1. The van der Waals surface area contributed by atoms with Crippen LogP contribution in [-0.4, -0.2) is 22.0 Å². The third kappa shape index (κ3) is 3.31. The van der Waals surface area contributed by atoms with Gasteiger partial charge in [-0.1, -0.05) is 18.2 Å². The molecule has 0 aliphatic rings. The Morgan fingerprint density at radius 1 is 1.35 bits per heavy atom. The molecule has 0 radical (unpaired) electrons. The number of nitrogens with zero attached hydrogens (tertiary/aromatic N) is 2. The zero-order valence-corrected chi connectivity index (χ0v) is 12.8. The highest BCUT2D eigenvalue weighted by Gasteiger charge is 2.12. The van der Waals surface area contributed by atoms with Crippen molar-refractivity contribution >= 4 is 16.9 Å². The lowest BCUT2D eigenvalue weighted by atomic mass is 10.2. The van der Waals surface area contributed by atoms with Gasteiger partial charge in [-0.25, -0.2) is 9.78 Å². The Labute approximate surface area is 132 Å². The van der Waals surface area contributed by atoms with E-state index in [0.29, 0.717) is 12.1 Å². The molecule has 6 heteroatoms. The van der Waals surface area contributed by atoms with Gasteiger partial charge in [0, 0.05) is 30.9 Å². The summed E-state index contributed by atoms with van der Waals surface area (Å²) in [6, 6.07) is 8.68. The maximum atomic E-state index is 12.1. The lowest BCUT2D eigenvalue weighted by Crippen LogP contribution is -2.29. The second kappa shape index (κ2) is 6.48. The molecule has 0 aliphatic carbocycles. The van der Waals surface area contributed by atoms with Gasteiger partial charge < -0.3 is 14.3 Å². The van der Waals surface area contributed by atoms with E-state index in [9.17, 15) is 9.59 Å². The van der Waals surface area contributed by atoms with Gasteiger partial charge in [0.2, 0.25) is 0 Å². The molecule has 2 aromatic heterocycles. The zero-order chi connectivity index (χ0) is 16.2. The molecule has 3 aromatic rings. The molecular weight excluding hydrogens is 294 g/mol. The van der Waals surface area contributed by atoms with Crippen molar-refractivity contribution in [3.8, 4) is 0 Å².